The Kier molecular flexibility index (Phi) is 6.72. The van der Waals surface area contributed by atoms with Gasteiger partial charge in [0, 0.05) is 18.2 Å². The molecule has 1 aromatic heterocycles. The molecule has 0 bridgehead atoms. The first kappa shape index (κ1) is 20.0. The second-order valence-corrected chi connectivity index (χ2v) is 7.48. The molecule has 0 amide bonds. The summed E-state index contributed by atoms with van der Waals surface area (Å²) in [5.41, 5.74) is -0.802. The number of aliphatic hydroxyl groups excluding tert-OH is 1. The van der Waals surface area contributed by atoms with Gasteiger partial charge in [0.15, 0.2) is 12.6 Å². The van der Waals surface area contributed by atoms with Crippen LogP contribution in [0.15, 0.2) is 15.8 Å². The standard InChI is InChI=1S/C14H23N2O8P/c1-4-22-25(20,23-5-2)8-21-13-10(17)6-11(24-13)16-7-9(3)12(18)15-14(16)19/h7,10-11,13,17H,4-6,8H2,1-3H3,(H,15,18,19)/t10-,11-,13+/m0/s1. The van der Waals surface area contributed by atoms with E-state index in [1.807, 2.05) is 0 Å². The van der Waals surface area contributed by atoms with Crippen LogP contribution in [0, 0.1) is 6.92 Å². The van der Waals surface area contributed by atoms with E-state index in [1.165, 1.54) is 10.8 Å². The Bertz CT molecular complexity index is 735. The molecule has 0 radical (unpaired) electrons. The zero-order chi connectivity index (χ0) is 18.6. The molecule has 25 heavy (non-hydrogen) atoms. The predicted molar refractivity (Wildman–Crippen MR) is 87.4 cm³/mol. The molecule has 1 saturated heterocycles. The number of nitrogens with zero attached hydrogens (tertiary/aromatic N) is 1. The average molecular weight is 378 g/mol. The van der Waals surface area contributed by atoms with Gasteiger partial charge in [-0.15, -0.1) is 0 Å². The molecule has 11 heteroatoms. The maximum atomic E-state index is 12.4. The molecule has 0 spiro atoms. The Balaban J connectivity index is 2.06. The highest BCUT2D eigenvalue weighted by Crippen LogP contribution is 2.48. The fourth-order valence-corrected chi connectivity index (χ4v) is 3.76. The first-order valence-corrected chi connectivity index (χ1v) is 9.67. The highest BCUT2D eigenvalue weighted by atomic mass is 31.2. The number of hydrogen-bond donors (Lipinski definition) is 2. The lowest BCUT2D eigenvalue weighted by atomic mass is 10.2. The summed E-state index contributed by atoms with van der Waals surface area (Å²) in [7, 11) is -3.44. The predicted octanol–water partition coefficient (Wildman–Crippen LogP) is 0.691. The smallest absolute Gasteiger partial charge is 0.356 e. The van der Waals surface area contributed by atoms with Crippen molar-refractivity contribution in [1.82, 2.24) is 9.55 Å². The molecule has 1 fully saturated rings. The Hall–Kier alpha value is -1.29. The van der Waals surface area contributed by atoms with Crippen molar-refractivity contribution in [2.45, 2.75) is 45.8 Å². The molecule has 2 N–H and O–H groups in total. The maximum absolute atomic E-state index is 12.4. The van der Waals surface area contributed by atoms with E-state index in [0.29, 0.717) is 5.56 Å². The minimum Gasteiger partial charge on any atom is -0.388 e. The molecule has 0 aliphatic carbocycles. The van der Waals surface area contributed by atoms with Crippen LogP contribution in [-0.4, -0.2) is 46.6 Å². The van der Waals surface area contributed by atoms with Gasteiger partial charge >= 0.3 is 13.3 Å². The van der Waals surface area contributed by atoms with Crippen LogP contribution >= 0.6 is 7.60 Å². The third-order valence-corrected chi connectivity index (χ3v) is 5.32. The number of ether oxygens (including phenoxy) is 2. The van der Waals surface area contributed by atoms with Crippen molar-refractivity contribution in [2.24, 2.45) is 0 Å². The Labute approximate surface area is 144 Å². The summed E-state index contributed by atoms with van der Waals surface area (Å²) in [5.74, 6) is 0. The van der Waals surface area contributed by atoms with E-state index in [-0.39, 0.29) is 26.0 Å². The molecule has 0 aromatic carbocycles. The number of rotatable bonds is 8. The molecule has 0 unspecified atom stereocenters. The minimum absolute atomic E-state index is 0.0730. The van der Waals surface area contributed by atoms with Crippen LogP contribution in [0.3, 0.4) is 0 Å². The zero-order valence-corrected chi connectivity index (χ0v) is 15.2. The fourth-order valence-electron chi connectivity index (χ4n) is 2.42. The van der Waals surface area contributed by atoms with Crippen LogP contribution in [-0.2, 0) is 23.1 Å². The molecular formula is C14H23N2O8P. The van der Waals surface area contributed by atoms with Crippen LogP contribution in [0.5, 0.6) is 0 Å². The summed E-state index contributed by atoms with van der Waals surface area (Å²) in [6.07, 6.45) is -1.92. The zero-order valence-electron chi connectivity index (χ0n) is 14.3. The van der Waals surface area contributed by atoms with E-state index in [1.54, 1.807) is 20.8 Å². The normalized spacial score (nSPS) is 23.9. The van der Waals surface area contributed by atoms with E-state index in [9.17, 15) is 19.3 Å². The Morgan fingerprint density at radius 3 is 2.60 bits per heavy atom. The highest BCUT2D eigenvalue weighted by molar-refractivity contribution is 7.53. The van der Waals surface area contributed by atoms with Crippen molar-refractivity contribution < 1.29 is 28.2 Å². The quantitative estimate of drug-likeness (QED) is 0.632. The third-order valence-electron chi connectivity index (χ3n) is 3.55. The van der Waals surface area contributed by atoms with Gasteiger partial charge in [0.05, 0.1) is 13.2 Å². The van der Waals surface area contributed by atoms with E-state index in [4.69, 9.17) is 18.5 Å². The molecule has 2 heterocycles. The van der Waals surface area contributed by atoms with Crippen LogP contribution < -0.4 is 11.2 Å². The van der Waals surface area contributed by atoms with E-state index in [0.717, 1.165) is 0 Å². The SMILES string of the molecule is CCOP(=O)(CO[C@@H]1O[C@H](n2cc(C)c(=O)[nH]c2=O)C[C@@H]1O)OCC. The maximum Gasteiger partial charge on any atom is 0.356 e. The average Bonchev–Trinajstić information content (AvgIpc) is 2.90. The third kappa shape index (κ3) is 4.87. The molecule has 1 aromatic rings. The minimum atomic E-state index is -3.44. The topological polar surface area (TPSA) is 129 Å². The van der Waals surface area contributed by atoms with Gasteiger partial charge in [-0.25, -0.2) is 4.79 Å². The van der Waals surface area contributed by atoms with Gasteiger partial charge in [0.2, 0.25) is 0 Å². The van der Waals surface area contributed by atoms with Crippen molar-refractivity contribution in [2.75, 3.05) is 19.6 Å². The van der Waals surface area contributed by atoms with Crippen molar-refractivity contribution >= 4 is 7.60 Å². The fraction of sp³-hybridized carbons (Fsp3) is 0.714. The van der Waals surface area contributed by atoms with Gasteiger partial charge in [-0.2, -0.15) is 0 Å². The number of aromatic nitrogens is 2. The molecule has 10 nitrogen and oxygen atoms in total. The molecule has 0 saturated carbocycles. The van der Waals surface area contributed by atoms with Crippen LogP contribution in [0.25, 0.3) is 0 Å². The van der Waals surface area contributed by atoms with Gasteiger partial charge in [0.25, 0.3) is 5.56 Å². The number of aliphatic hydroxyl groups is 1. The molecule has 2 rings (SSSR count). The van der Waals surface area contributed by atoms with Crippen molar-refractivity contribution in [1.29, 1.82) is 0 Å². The molecule has 3 atom stereocenters. The summed E-state index contributed by atoms with van der Waals surface area (Å²) >= 11 is 0. The van der Waals surface area contributed by atoms with Crippen molar-refractivity contribution in [3.8, 4) is 0 Å². The lowest BCUT2D eigenvalue weighted by Crippen LogP contribution is -2.33. The number of aromatic amines is 1. The van der Waals surface area contributed by atoms with Gasteiger partial charge in [-0.1, -0.05) is 0 Å². The molecule has 1 aliphatic heterocycles. The second-order valence-electron chi connectivity index (χ2n) is 5.48. The van der Waals surface area contributed by atoms with Crippen LogP contribution in [0.2, 0.25) is 0 Å². The molecular weight excluding hydrogens is 355 g/mol. The number of hydrogen-bond acceptors (Lipinski definition) is 8. The van der Waals surface area contributed by atoms with Crippen LogP contribution in [0.4, 0.5) is 0 Å². The van der Waals surface area contributed by atoms with Crippen molar-refractivity contribution in [3.05, 3.63) is 32.6 Å². The van der Waals surface area contributed by atoms with Gasteiger partial charge in [0.1, 0.15) is 12.3 Å². The molecule has 142 valence electrons. The first-order valence-electron chi connectivity index (χ1n) is 7.95. The summed E-state index contributed by atoms with van der Waals surface area (Å²) in [6, 6.07) is 0. The summed E-state index contributed by atoms with van der Waals surface area (Å²) in [6.45, 7) is 5.27. The summed E-state index contributed by atoms with van der Waals surface area (Å²) in [5, 5.41) is 10.1. The highest BCUT2D eigenvalue weighted by Gasteiger charge is 2.38. The van der Waals surface area contributed by atoms with E-state index in [2.05, 4.69) is 4.98 Å². The summed E-state index contributed by atoms with van der Waals surface area (Å²) < 4.78 is 34.6. The van der Waals surface area contributed by atoms with Gasteiger partial charge in [-0.05, 0) is 20.8 Å². The van der Waals surface area contributed by atoms with E-state index >= 15 is 0 Å². The summed E-state index contributed by atoms with van der Waals surface area (Å²) in [4.78, 5) is 25.5. The monoisotopic (exact) mass is 378 g/mol. The van der Waals surface area contributed by atoms with E-state index < -0.39 is 37.5 Å². The lowest BCUT2D eigenvalue weighted by Gasteiger charge is -2.21. The Morgan fingerprint density at radius 1 is 1.36 bits per heavy atom. The van der Waals surface area contributed by atoms with Gasteiger partial charge < -0.3 is 23.6 Å². The van der Waals surface area contributed by atoms with Crippen molar-refractivity contribution in [3.63, 3.8) is 0 Å². The second kappa shape index (κ2) is 8.39. The number of aryl methyl sites for hydroxylation is 1. The largest absolute Gasteiger partial charge is 0.388 e. The first-order chi connectivity index (χ1) is 11.8. The number of H-pyrrole nitrogens is 1. The molecule has 1 aliphatic rings. The van der Waals surface area contributed by atoms with Crippen LogP contribution in [0.1, 0.15) is 32.1 Å². The van der Waals surface area contributed by atoms with Gasteiger partial charge in [-0.3, -0.25) is 18.9 Å². The lowest BCUT2D eigenvalue weighted by molar-refractivity contribution is -0.169. The number of nitrogens with one attached hydrogen (secondary N) is 1. The Morgan fingerprint density at radius 2 is 2.00 bits per heavy atom.